The van der Waals surface area contributed by atoms with E-state index in [1.165, 1.54) is 23.4 Å². The Kier molecular flexibility index (Phi) is 8.69. The number of anilines is 2. The maximum absolute atomic E-state index is 13.5. The number of carboxylic acid groups (broad SMARTS) is 1. The van der Waals surface area contributed by atoms with Crippen molar-refractivity contribution in [2.24, 2.45) is 0 Å². The Bertz CT molecular complexity index is 1750. The minimum absolute atomic E-state index is 0.0677. The van der Waals surface area contributed by atoms with E-state index in [0.717, 1.165) is 16.1 Å². The molecule has 0 aromatic heterocycles. The number of hydrogen-bond donors (Lipinski definition) is 3. The molecule has 0 saturated carbocycles. The first kappa shape index (κ1) is 28.6. The predicted octanol–water partition coefficient (Wildman–Crippen LogP) is 8.39. The second-order valence-electron chi connectivity index (χ2n) is 10.2. The number of hydrogen-bond acceptors (Lipinski definition) is 4. The Labute approximate surface area is 248 Å². The van der Waals surface area contributed by atoms with Crippen molar-refractivity contribution in [2.45, 2.75) is 29.9 Å². The van der Waals surface area contributed by atoms with Gasteiger partial charge in [0.05, 0.1) is 5.56 Å². The number of amides is 2. The van der Waals surface area contributed by atoms with Crippen LogP contribution in [0, 0.1) is 0 Å². The van der Waals surface area contributed by atoms with Gasteiger partial charge in [-0.2, -0.15) is 0 Å². The number of fused-ring (bicyclic) bond motifs is 1. The van der Waals surface area contributed by atoms with Gasteiger partial charge in [-0.3, -0.25) is 9.59 Å². The highest BCUT2D eigenvalue weighted by Crippen LogP contribution is 2.37. The van der Waals surface area contributed by atoms with Crippen LogP contribution in [0.1, 0.15) is 56.9 Å². The first-order valence-electron chi connectivity index (χ1n) is 13.6. The molecule has 5 aromatic carbocycles. The third-order valence-corrected chi connectivity index (χ3v) is 8.16. The number of thioether (sulfide) groups is 1. The lowest BCUT2D eigenvalue weighted by Gasteiger charge is -2.18. The normalized spacial score (nSPS) is 11.7. The van der Waals surface area contributed by atoms with Crippen LogP contribution in [-0.2, 0) is 4.79 Å². The lowest BCUT2D eigenvalue weighted by Crippen LogP contribution is -2.19. The Morgan fingerprint density at radius 2 is 1.33 bits per heavy atom. The van der Waals surface area contributed by atoms with Crippen LogP contribution in [0.25, 0.3) is 10.8 Å². The smallest absolute Gasteiger partial charge is 0.336 e. The summed E-state index contributed by atoms with van der Waals surface area (Å²) >= 11 is 1.38. The SMILES string of the molecule is CC(C)c1ccc(NC(=O)C(Sc2cccc(NC(=O)c3cccc4cccc(C(=O)O)c34)c2)c2ccccc2)cc1. The predicted molar refractivity (Wildman–Crippen MR) is 170 cm³/mol. The van der Waals surface area contributed by atoms with E-state index < -0.39 is 17.1 Å². The maximum Gasteiger partial charge on any atom is 0.336 e. The maximum atomic E-state index is 13.5. The molecule has 0 bridgehead atoms. The van der Waals surface area contributed by atoms with E-state index in [-0.39, 0.29) is 17.0 Å². The number of aromatic carboxylic acids is 1. The Morgan fingerprint density at radius 1 is 0.667 bits per heavy atom. The van der Waals surface area contributed by atoms with Gasteiger partial charge in [-0.25, -0.2) is 4.79 Å². The summed E-state index contributed by atoms with van der Waals surface area (Å²) in [5, 5.41) is 16.2. The number of carboxylic acids is 1. The Balaban J connectivity index is 1.38. The zero-order chi connectivity index (χ0) is 29.6. The van der Waals surface area contributed by atoms with E-state index in [2.05, 4.69) is 24.5 Å². The van der Waals surface area contributed by atoms with Crippen molar-refractivity contribution in [2.75, 3.05) is 10.6 Å². The highest BCUT2D eigenvalue weighted by atomic mass is 32.2. The summed E-state index contributed by atoms with van der Waals surface area (Å²) < 4.78 is 0. The second-order valence-corrected chi connectivity index (χ2v) is 11.3. The highest BCUT2D eigenvalue weighted by molar-refractivity contribution is 8.00. The van der Waals surface area contributed by atoms with Crippen molar-refractivity contribution in [3.63, 3.8) is 0 Å². The highest BCUT2D eigenvalue weighted by Gasteiger charge is 2.23. The molecule has 0 saturated heterocycles. The third kappa shape index (κ3) is 6.53. The summed E-state index contributed by atoms with van der Waals surface area (Å²) in [7, 11) is 0. The van der Waals surface area contributed by atoms with Gasteiger partial charge in [0.15, 0.2) is 0 Å². The van der Waals surface area contributed by atoms with Gasteiger partial charge in [-0.05, 0) is 64.9 Å². The van der Waals surface area contributed by atoms with Gasteiger partial charge in [0.1, 0.15) is 5.25 Å². The molecule has 0 aliphatic carbocycles. The number of carbonyl (C=O) groups is 3. The molecular formula is C35H30N2O4S. The van der Waals surface area contributed by atoms with Crippen molar-refractivity contribution >= 4 is 51.7 Å². The zero-order valence-electron chi connectivity index (χ0n) is 23.2. The topological polar surface area (TPSA) is 95.5 Å². The average Bonchev–Trinajstić information content (AvgIpc) is 3.00. The summed E-state index contributed by atoms with van der Waals surface area (Å²) in [6, 6.07) is 34.8. The third-order valence-electron chi connectivity index (χ3n) is 6.91. The van der Waals surface area contributed by atoms with Gasteiger partial charge in [-0.15, -0.1) is 11.8 Å². The Hall–Kier alpha value is -4.88. The van der Waals surface area contributed by atoms with Crippen LogP contribution in [-0.4, -0.2) is 22.9 Å². The van der Waals surface area contributed by atoms with Crippen LogP contribution in [0.4, 0.5) is 11.4 Å². The number of nitrogens with one attached hydrogen (secondary N) is 2. The monoisotopic (exact) mass is 574 g/mol. The van der Waals surface area contributed by atoms with E-state index in [4.69, 9.17) is 0 Å². The number of rotatable bonds is 9. The summed E-state index contributed by atoms with van der Waals surface area (Å²) in [6.45, 7) is 4.25. The van der Waals surface area contributed by atoms with E-state index >= 15 is 0 Å². The molecule has 2 amide bonds. The fourth-order valence-corrected chi connectivity index (χ4v) is 5.83. The molecular weight excluding hydrogens is 544 g/mol. The van der Waals surface area contributed by atoms with Crippen LogP contribution in [0.15, 0.2) is 120 Å². The van der Waals surface area contributed by atoms with Crippen LogP contribution >= 0.6 is 11.8 Å². The quantitative estimate of drug-likeness (QED) is 0.154. The molecule has 6 nitrogen and oxygen atoms in total. The molecule has 42 heavy (non-hydrogen) atoms. The summed E-state index contributed by atoms with van der Waals surface area (Å²) in [4.78, 5) is 39.6. The summed E-state index contributed by atoms with van der Waals surface area (Å²) in [5.41, 5.74) is 3.65. The van der Waals surface area contributed by atoms with Crippen molar-refractivity contribution in [1.82, 2.24) is 0 Å². The largest absolute Gasteiger partial charge is 0.478 e. The van der Waals surface area contributed by atoms with Gasteiger partial charge in [0.25, 0.3) is 5.91 Å². The summed E-state index contributed by atoms with van der Waals surface area (Å²) in [6.07, 6.45) is 0. The fraction of sp³-hybridized carbons (Fsp3) is 0.114. The van der Waals surface area contributed by atoms with E-state index in [9.17, 15) is 19.5 Å². The standard InChI is InChI=1S/C35H30N2O4S/c1-22(2)23-17-19-26(20-18-23)36-34(39)32(25-9-4-3-5-10-25)42-28-14-8-13-27(21-28)37-33(38)29-15-6-11-24-12-7-16-30(31(24)29)35(40)41/h3-22,32H,1-2H3,(H,36,39)(H,37,38)(H,40,41). The van der Waals surface area contributed by atoms with Crippen molar-refractivity contribution in [3.8, 4) is 0 Å². The van der Waals surface area contributed by atoms with Gasteiger partial charge in [-0.1, -0.05) is 86.6 Å². The van der Waals surface area contributed by atoms with Crippen LogP contribution < -0.4 is 10.6 Å². The van der Waals surface area contributed by atoms with Crippen LogP contribution in [0.2, 0.25) is 0 Å². The minimum atomic E-state index is -1.10. The van der Waals surface area contributed by atoms with Gasteiger partial charge in [0.2, 0.25) is 5.91 Å². The molecule has 5 aromatic rings. The van der Waals surface area contributed by atoms with Gasteiger partial charge >= 0.3 is 5.97 Å². The first-order chi connectivity index (χ1) is 20.3. The van der Waals surface area contributed by atoms with Crippen molar-refractivity contribution in [1.29, 1.82) is 0 Å². The molecule has 5 rings (SSSR count). The molecule has 3 N–H and O–H groups in total. The van der Waals surface area contributed by atoms with E-state index in [1.807, 2.05) is 72.8 Å². The Morgan fingerprint density at radius 3 is 2.00 bits per heavy atom. The molecule has 0 aliphatic heterocycles. The fourth-order valence-electron chi connectivity index (χ4n) is 4.75. The lowest BCUT2D eigenvalue weighted by atomic mass is 9.98. The lowest BCUT2D eigenvalue weighted by molar-refractivity contribution is -0.115. The van der Waals surface area contributed by atoms with Crippen molar-refractivity contribution < 1.29 is 19.5 Å². The molecule has 210 valence electrons. The second kappa shape index (κ2) is 12.7. The van der Waals surface area contributed by atoms with Gasteiger partial charge in [0, 0.05) is 27.2 Å². The molecule has 1 atom stereocenters. The zero-order valence-corrected chi connectivity index (χ0v) is 24.0. The van der Waals surface area contributed by atoms with Crippen molar-refractivity contribution in [3.05, 3.63) is 138 Å². The van der Waals surface area contributed by atoms with E-state index in [1.54, 1.807) is 36.4 Å². The molecule has 1 unspecified atom stereocenters. The minimum Gasteiger partial charge on any atom is -0.478 e. The molecule has 0 radical (unpaired) electrons. The first-order valence-corrected chi connectivity index (χ1v) is 14.5. The van der Waals surface area contributed by atoms with E-state index in [0.29, 0.717) is 22.4 Å². The average molecular weight is 575 g/mol. The number of carbonyl (C=O) groups excluding carboxylic acids is 2. The molecule has 0 fully saturated rings. The molecule has 7 heteroatoms. The molecule has 0 aliphatic rings. The molecule has 0 heterocycles. The van der Waals surface area contributed by atoms with Gasteiger partial charge < -0.3 is 15.7 Å². The summed E-state index contributed by atoms with van der Waals surface area (Å²) in [5.74, 6) is -1.27. The van der Waals surface area contributed by atoms with Crippen LogP contribution in [0.3, 0.4) is 0 Å². The molecule has 0 spiro atoms. The van der Waals surface area contributed by atoms with Crippen LogP contribution in [0.5, 0.6) is 0 Å². The number of benzene rings is 5.